The van der Waals surface area contributed by atoms with E-state index in [4.69, 9.17) is 30.2 Å². The van der Waals surface area contributed by atoms with E-state index in [1.165, 1.54) is 43.2 Å². The van der Waals surface area contributed by atoms with Crippen LogP contribution in [-0.2, 0) is 32.0 Å². The Morgan fingerprint density at radius 1 is 0.944 bits per heavy atom. The van der Waals surface area contributed by atoms with E-state index >= 15 is 0 Å². The van der Waals surface area contributed by atoms with Gasteiger partial charge in [-0.2, -0.15) is 0 Å². The number of aliphatic hydroxyl groups is 3. The summed E-state index contributed by atoms with van der Waals surface area (Å²) in [5, 5.41) is 76.0. The third-order valence-corrected chi connectivity index (χ3v) is 14.5. The molecule has 4 aliphatic rings. The lowest BCUT2D eigenvalue weighted by molar-refractivity contribution is -0.250. The first-order valence-corrected chi connectivity index (χ1v) is 23.4. The van der Waals surface area contributed by atoms with Crippen LogP contribution in [0.1, 0.15) is 103 Å². The van der Waals surface area contributed by atoms with Gasteiger partial charge in [0.2, 0.25) is 11.7 Å². The van der Waals surface area contributed by atoms with Crippen LogP contribution in [0.2, 0.25) is 0 Å². The number of phenols is 3. The lowest BCUT2D eigenvalue weighted by atomic mass is 9.72. The number of rotatable bonds is 11. The summed E-state index contributed by atoms with van der Waals surface area (Å²) in [6.45, 7) is 2.30. The van der Waals surface area contributed by atoms with Crippen molar-refractivity contribution in [1.82, 2.24) is 5.32 Å². The number of nitrogens with one attached hydrogen (secondary N) is 2. The standard InChI is InChI=1S/C52H48ClN3O15/c1-22-46(61)32(14-40(69-22)71-38-17-52(67,39(60)21-57)16-31-43(38)50(65)45-44(48(31)63)47(62)29-5-4-6-36(68-3)42(29)49(45)64)54-19-24-7-9-28-30(11-24)41-26(18-53)20-56(33(41)15-34(28)59)51(66)37-13-25-12-27(55-23(2)58)8-10-35(25)70-37/h4-13,15,22,26,32,38,40,46,54,57,59,61,63,65,67H,14,16-21H2,1-3H3,(H,55,58)/t22-,26?,32-,38+,40+,46+,52?/m0/s1. The average Bonchev–Trinajstić information content (AvgIpc) is 3.95. The second-order valence-corrected chi connectivity index (χ2v) is 18.8. The minimum atomic E-state index is -2.35. The Morgan fingerprint density at radius 2 is 1.72 bits per heavy atom. The van der Waals surface area contributed by atoms with Gasteiger partial charge in [-0.1, -0.05) is 24.3 Å². The molecular formula is C52H48ClN3O15. The zero-order valence-corrected chi connectivity index (χ0v) is 39.2. The van der Waals surface area contributed by atoms with E-state index in [0.717, 1.165) is 11.1 Å². The number of Topliss-reactive ketones (excluding diaryl/α,β-unsaturated/α-hetero) is 1. The largest absolute Gasteiger partial charge is 0.507 e. The lowest BCUT2D eigenvalue weighted by Crippen LogP contribution is -2.54. The first-order valence-electron chi connectivity index (χ1n) is 22.9. The highest BCUT2D eigenvalue weighted by atomic mass is 35.5. The molecule has 1 fully saturated rings. The minimum Gasteiger partial charge on any atom is -0.507 e. The van der Waals surface area contributed by atoms with Gasteiger partial charge >= 0.3 is 0 Å². The zero-order chi connectivity index (χ0) is 50.4. The van der Waals surface area contributed by atoms with Crippen molar-refractivity contribution in [3.63, 3.8) is 0 Å². The maximum Gasteiger partial charge on any atom is 0.294 e. The molecule has 7 atom stereocenters. The Balaban J connectivity index is 0.924. The highest BCUT2D eigenvalue weighted by Gasteiger charge is 2.50. The predicted octanol–water partition coefficient (Wildman–Crippen LogP) is 5.38. The Labute approximate surface area is 409 Å². The molecule has 19 heteroatoms. The number of hydrogen-bond donors (Lipinski definition) is 8. The third kappa shape index (κ3) is 7.95. The van der Waals surface area contributed by atoms with Crippen LogP contribution in [0.5, 0.6) is 23.0 Å². The van der Waals surface area contributed by atoms with E-state index in [9.17, 15) is 54.6 Å². The third-order valence-electron chi connectivity index (χ3n) is 14.1. The van der Waals surface area contributed by atoms with Gasteiger partial charge < -0.3 is 64.8 Å². The van der Waals surface area contributed by atoms with Crippen LogP contribution in [0.3, 0.4) is 0 Å². The Kier molecular flexibility index (Phi) is 12.1. The van der Waals surface area contributed by atoms with Crippen LogP contribution >= 0.6 is 11.6 Å². The maximum absolute atomic E-state index is 14.1. The summed E-state index contributed by atoms with van der Waals surface area (Å²) in [7, 11) is 1.31. The Hall–Kier alpha value is -6.90. The number of ketones is 3. The number of aliphatic hydroxyl groups excluding tert-OH is 2. The number of halogens is 1. The summed E-state index contributed by atoms with van der Waals surface area (Å²) >= 11 is 6.56. The van der Waals surface area contributed by atoms with E-state index in [2.05, 4.69) is 10.6 Å². The normalized spacial score (nSPS) is 23.6. The molecule has 2 aliphatic carbocycles. The Morgan fingerprint density at radius 3 is 2.45 bits per heavy atom. The summed E-state index contributed by atoms with van der Waals surface area (Å²) in [6.07, 6.45) is -5.83. The number of carbonyl (C=O) groups excluding carboxylic acids is 5. The SMILES string of the molecule is COc1cccc2c1C(=O)c1c(O)c3c(c(O)c1C2=O)CC(O)(C(=O)CO)C[C@H]3O[C@@H]1C[C@H](NCc2ccc3c(O)cc4c(c3c2)C(CCl)CN4C(=O)c2cc3cc(NC(C)=O)ccc3o2)[C@H](O)[C@H](C)O1. The number of anilines is 2. The zero-order valence-electron chi connectivity index (χ0n) is 38.4. The number of fused-ring (bicyclic) bond motifs is 7. The molecule has 1 saturated heterocycles. The van der Waals surface area contributed by atoms with E-state index in [1.54, 1.807) is 43.3 Å². The summed E-state index contributed by atoms with van der Waals surface area (Å²) in [5.74, 6) is -4.92. The fraction of sp³-hybridized carbons (Fsp3) is 0.327. The van der Waals surface area contributed by atoms with Crippen LogP contribution < -0.4 is 20.3 Å². The fourth-order valence-corrected chi connectivity index (χ4v) is 10.9. The smallest absolute Gasteiger partial charge is 0.294 e. The molecule has 3 heterocycles. The maximum atomic E-state index is 14.1. The number of methoxy groups -OCH3 is 1. The van der Waals surface area contributed by atoms with Gasteiger partial charge in [0.1, 0.15) is 40.8 Å². The van der Waals surface area contributed by atoms with Crippen LogP contribution in [0.4, 0.5) is 11.4 Å². The van der Waals surface area contributed by atoms with Crippen molar-refractivity contribution in [1.29, 1.82) is 0 Å². The van der Waals surface area contributed by atoms with Crippen molar-refractivity contribution < 1.29 is 73.2 Å². The molecule has 0 spiro atoms. The number of aromatic hydroxyl groups is 3. The van der Waals surface area contributed by atoms with Gasteiger partial charge in [0, 0.05) is 96.3 Å². The average molecular weight is 990 g/mol. The van der Waals surface area contributed by atoms with Crippen LogP contribution in [0.25, 0.3) is 21.7 Å². The first kappa shape index (κ1) is 47.8. The molecule has 0 bridgehead atoms. The van der Waals surface area contributed by atoms with E-state index in [1.807, 2.05) is 6.07 Å². The molecule has 5 aromatic carbocycles. The summed E-state index contributed by atoms with van der Waals surface area (Å²) in [5.41, 5.74) is -1.08. The van der Waals surface area contributed by atoms with Gasteiger partial charge in [-0.25, -0.2) is 0 Å². The number of phenolic OH excluding ortho intramolecular Hbond substituents is 3. The summed E-state index contributed by atoms with van der Waals surface area (Å²) < 4.78 is 23.8. The quantitative estimate of drug-likeness (QED) is 0.0597. The molecule has 8 N–H and O–H groups in total. The molecule has 10 rings (SSSR count). The van der Waals surface area contributed by atoms with Gasteiger partial charge in [-0.05, 0) is 59.8 Å². The number of ether oxygens (including phenoxy) is 3. The predicted molar refractivity (Wildman–Crippen MR) is 256 cm³/mol. The lowest BCUT2D eigenvalue weighted by Gasteiger charge is -2.43. The first-order chi connectivity index (χ1) is 33.9. The van der Waals surface area contributed by atoms with Crippen molar-refractivity contribution >= 4 is 73.9 Å². The fourth-order valence-electron chi connectivity index (χ4n) is 10.7. The highest BCUT2D eigenvalue weighted by molar-refractivity contribution is 6.31. The summed E-state index contributed by atoms with van der Waals surface area (Å²) in [6, 6.07) is 17.2. The van der Waals surface area contributed by atoms with Crippen molar-refractivity contribution in [2.24, 2.45) is 0 Å². The molecular weight excluding hydrogens is 942 g/mol. The number of furan rings is 1. The number of benzene rings is 5. The number of hydrogen-bond acceptors (Lipinski definition) is 16. The van der Waals surface area contributed by atoms with Crippen LogP contribution in [0, 0.1) is 0 Å². The van der Waals surface area contributed by atoms with Gasteiger partial charge in [-0.15, -0.1) is 11.6 Å². The number of alkyl halides is 1. The molecule has 2 aliphatic heterocycles. The number of carbonyl (C=O) groups is 5. The van der Waals surface area contributed by atoms with E-state index in [-0.39, 0.29) is 76.7 Å². The molecule has 0 saturated carbocycles. The van der Waals surface area contributed by atoms with Gasteiger partial charge in [0.25, 0.3) is 5.91 Å². The Bertz CT molecular complexity index is 3260. The van der Waals surface area contributed by atoms with Crippen molar-refractivity contribution in [3.8, 4) is 23.0 Å². The van der Waals surface area contributed by atoms with Crippen LogP contribution in [-0.4, -0.2) is 116 Å². The molecule has 18 nitrogen and oxygen atoms in total. The van der Waals surface area contributed by atoms with Crippen molar-refractivity contribution in [3.05, 3.63) is 117 Å². The van der Waals surface area contributed by atoms with E-state index in [0.29, 0.717) is 33.1 Å². The topological polar surface area (TPSA) is 275 Å². The number of amides is 2. The molecule has 368 valence electrons. The minimum absolute atomic E-state index is 0.0328. The molecule has 1 aromatic heterocycles. The van der Waals surface area contributed by atoms with E-state index < -0.39 is 102 Å². The molecule has 2 amide bonds. The number of nitrogens with zero attached hydrogens (tertiary/aromatic N) is 1. The molecule has 2 unspecified atom stereocenters. The highest BCUT2D eigenvalue weighted by Crippen LogP contribution is 2.53. The second kappa shape index (κ2) is 18.1. The van der Waals surface area contributed by atoms with Crippen molar-refractivity contribution in [2.45, 2.75) is 81.8 Å². The second-order valence-electron chi connectivity index (χ2n) is 18.5. The monoisotopic (exact) mass is 989 g/mol. The van der Waals surface area contributed by atoms with Gasteiger partial charge in [0.15, 0.2) is 23.6 Å². The van der Waals surface area contributed by atoms with Crippen molar-refractivity contribution in [2.75, 3.05) is 36.4 Å². The molecule has 6 aromatic rings. The van der Waals surface area contributed by atoms with Crippen LogP contribution in [0.15, 0.2) is 71.1 Å². The van der Waals surface area contributed by atoms with Gasteiger partial charge in [-0.3, -0.25) is 24.0 Å². The van der Waals surface area contributed by atoms with Gasteiger partial charge in [0.05, 0.1) is 47.8 Å². The molecule has 71 heavy (non-hydrogen) atoms. The molecule has 0 radical (unpaired) electrons. The summed E-state index contributed by atoms with van der Waals surface area (Å²) in [4.78, 5) is 68.5.